The molecule has 0 aliphatic carbocycles. The Morgan fingerprint density at radius 1 is 1.15 bits per heavy atom. The van der Waals surface area contributed by atoms with Gasteiger partial charge in [0, 0.05) is 21.1 Å². The molecule has 0 aliphatic rings. The minimum Gasteiger partial charge on any atom is -0.350 e. The number of aromatic nitrogens is 1. The predicted octanol–water partition coefficient (Wildman–Crippen LogP) is 4.64. The molecule has 8 heteroatoms. The first kappa shape index (κ1) is 19.4. The average Bonchev–Trinajstić information content (AvgIpc) is 3.01. The number of H-pyrrole nitrogens is 1. The van der Waals surface area contributed by atoms with Gasteiger partial charge in [0.1, 0.15) is 5.69 Å². The highest BCUT2D eigenvalue weighted by atomic mass is 79.9. The third-order valence-electron chi connectivity index (χ3n) is 4.15. The van der Waals surface area contributed by atoms with Crippen molar-refractivity contribution in [3.63, 3.8) is 0 Å². The molecule has 0 unspecified atom stereocenters. The minimum absolute atomic E-state index is 0.0493. The van der Waals surface area contributed by atoms with Gasteiger partial charge in [0.15, 0.2) is 0 Å². The maximum Gasteiger partial charge on any atom is 0.272 e. The largest absolute Gasteiger partial charge is 0.350 e. The molecule has 0 aliphatic heterocycles. The first-order valence-corrected chi connectivity index (χ1v) is 10.9. The summed E-state index contributed by atoms with van der Waals surface area (Å²) in [7, 11) is -3.40. The second kappa shape index (κ2) is 7.74. The van der Waals surface area contributed by atoms with Gasteiger partial charge >= 0.3 is 0 Å². The number of carbonyl (C=O) groups excluding carboxylic acids is 1. The van der Waals surface area contributed by atoms with E-state index >= 15 is 0 Å². The Bertz CT molecular complexity index is 1110. The van der Waals surface area contributed by atoms with E-state index in [1.54, 1.807) is 31.2 Å². The zero-order chi connectivity index (χ0) is 19.6. The summed E-state index contributed by atoms with van der Waals surface area (Å²) in [5.74, 6) is -0.243. The molecule has 3 rings (SSSR count). The van der Waals surface area contributed by atoms with Crippen LogP contribution in [0.25, 0.3) is 10.9 Å². The number of aromatic amines is 1. The summed E-state index contributed by atoms with van der Waals surface area (Å²) < 4.78 is 27.6. The minimum atomic E-state index is -3.40. The van der Waals surface area contributed by atoms with Gasteiger partial charge in [-0.25, -0.2) is 8.42 Å². The van der Waals surface area contributed by atoms with Crippen molar-refractivity contribution in [2.45, 2.75) is 20.3 Å². The number of anilines is 2. The maximum atomic E-state index is 12.6. The third-order valence-corrected chi connectivity index (χ3v) is 6.12. The van der Waals surface area contributed by atoms with Crippen molar-refractivity contribution in [3.05, 3.63) is 58.2 Å². The predicted molar refractivity (Wildman–Crippen MR) is 113 cm³/mol. The average molecular weight is 450 g/mol. The number of rotatable bonds is 6. The Labute approximate surface area is 166 Å². The fourth-order valence-corrected chi connectivity index (χ4v) is 4.34. The lowest BCUT2D eigenvalue weighted by atomic mass is 10.1. The maximum absolute atomic E-state index is 12.6. The van der Waals surface area contributed by atoms with Crippen LogP contribution in [0.5, 0.6) is 0 Å². The van der Waals surface area contributed by atoms with Crippen LogP contribution in [-0.2, 0) is 10.0 Å². The molecule has 6 nitrogen and oxygen atoms in total. The Kier molecular flexibility index (Phi) is 5.57. The van der Waals surface area contributed by atoms with E-state index < -0.39 is 10.0 Å². The van der Waals surface area contributed by atoms with Crippen LogP contribution in [0, 0.1) is 6.92 Å². The number of sulfonamides is 1. The van der Waals surface area contributed by atoms with Crippen molar-refractivity contribution >= 4 is 54.1 Å². The molecule has 0 saturated heterocycles. The van der Waals surface area contributed by atoms with Gasteiger partial charge in [-0.15, -0.1) is 0 Å². The highest BCUT2D eigenvalue weighted by molar-refractivity contribution is 9.10. The number of halogens is 1. The second-order valence-electron chi connectivity index (χ2n) is 6.27. The lowest BCUT2D eigenvalue weighted by Crippen LogP contribution is -2.18. The Morgan fingerprint density at radius 3 is 2.63 bits per heavy atom. The van der Waals surface area contributed by atoms with Crippen LogP contribution >= 0.6 is 15.9 Å². The fraction of sp³-hybridized carbons (Fsp3) is 0.211. The number of hydrogen-bond donors (Lipinski definition) is 3. The number of fused-ring (bicyclic) bond motifs is 1. The van der Waals surface area contributed by atoms with E-state index in [0.717, 1.165) is 15.4 Å². The van der Waals surface area contributed by atoms with Crippen LogP contribution in [0.15, 0.2) is 46.9 Å². The van der Waals surface area contributed by atoms with Gasteiger partial charge in [-0.2, -0.15) is 0 Å². The summed E-state index contributed by atoms with van der Waals surface area (Å²) in [6.45, 7) is 3.57. The molecule has 3 aromatic rings. The molecule has 27 heavy (non-hydrogen) atoms. The zero-order valence-corrected chi connectivity index (χ0v) is 17.4. The van der Waals surface area contributed by atoms with Gasteiger partial charge in [0.25, 0.3) is 5.91 Å². The lowest BCUT2D eigenvalue weighted by Gasteiger charge is -2.14. The normalized spacial score (nSPS) is 11.5. The van der Waals surface area contributed by atoms with E-state index in [1.807, 2.05) is 25.1 Å². The van der Waals surface area contributed by atoms with Gasteiger partial charge < -0.3 is 10.3 Å². The summed E-state index contributed by atoms with van der Waals surface area (Å²) in [5, 5.41) is 3.78. The summed E-state index contributed by atoms with van der Waals surface area (Å²) in [5.41, 5.74) is 2.95. The zero-order valence-electron chi connectivity index (χ0n) is 15.0. The molecule has 142 valence electrons. The second-order valence-corrected chi connectivity index (χ2v) is 9.03. The van der Waals surface area contributed by atoms with Gasteiger partial charge in [-0.05, 0) is 49.2 Å². The Balaban J connectivity index is 1.84. The van der Waals surface area contributed by atoms with Crippen LogP contribution in [0.3, 0.4) is 0 Å². The monoisotopic (exact) mass is 449 g/mol. The Hall–Kier alpha value is -2.32. The van der Waals surface area contributed by atoms with Crippen molar-refractivity contribution < 1.29 is 13.2 Å². The quantitative estimate of drug-likeness (QED) is 0.511. The molecule has 0 radical (unpaired) electrons. The van der Waals surface area contributed by atoms with Crippen molar-refractivity contribution in [1.82, 2.24) is 4.98 Å². The van der Waals surface area contributed by atoms with Crippen molar-refractivity contribution in [3.8, 4) is 0 Å². The molecular formula is C19H20BrN3O3S. The molecule has 0 bridgehead atoms. The molecular weight excluding hydrogens is 430 g/mol. The van der Waals surface area contributed by atoms with Crippen LogP contribution < -0.4 is 10.0 Å². The molecule has 2 aromatic carbocycles. The third kappa shape index (κ3) is 4.51. The number of carbonyl (C=O) groups is 1. The summed E-state index contributed by atoms with van der Waals surface area (Å²) >= 11 is 3.41. The van der Waals surface area contributed by atoms with Gasteiger partial charge in [0.2, 0.25) is 10.0 Å². The number of nitrogens with one attached hydrogen (secondary N) is 3. The topological polar surface area (TPSA) is 91.1 Å². The molecule has 0 saturated carbocycles. The van der Waals surface area contributed by atoms with Crippen molar-refractivity contribution in [2.24, 2.45) is 0 Å². The van der Waals surface area contributed by atoms with Crippen LogP contribution in [-0.4, -0.2) is 25.1 Å². The Morgan fingerprint density at radius 2 is 1.89 bits per heavy atom. The van der Waals surface area contributed by atoms with E-state index in [4.69, 9.17) is 0 Å². The lowest BCUT2D eigenvalue weighted by molar-refractivity contribution is 0.102. The first-order valence-electron chi connectivity index (χ1n) is 8.49. The summed E-state index contributed by atoms with van der Waals surface area (Å²) in [4.78, 5) is 15.7. The van der Waals surface area contributed by atoms with Crippen molar-refractivity contribution in [2.75, 3.05) is 15.8 Å². The van der Waals surface area contributed by atoms with E-state index in [9.17, 15) is 13.2 Å². The van der Waals surface area contributed by atoms with E-state index in [2.05, 4.69) is 31.0 Å². The number of benzene rings is 2. The molecule has 0 atom stereocenters. The highest BCUT2D eigenvalue weighted by Gasteiger charge is 2.15. The van der Waals surface area contributed by atoms with E-state index in [0.29, 0.717) is 29.1 Å². The van der Waals surface area contributed by atoms with Crippen LogP contribution in [0.4, 0.5) is 11.4 Å². The van der Waals surface area contributed by atoms with Gasteiger partial charge in [-0.1, -0.05) is 35.0 Å². The number of amides is 1. The van der Waals surface area contributed by atoms with E-state index in [-0.39, 0.29) is 11.7 Å². The molecule has 1 heterocycles. The van der Waals surface area contributed by atoms with Crippen molar-refractivity contribution in [1.29, 1.82) is 0 Å². The number of hydrogen-bond acceptors (Lipinski definition) is 3. The molecule has 1 aromatic heterocycles. The van der Waals surface area contributed by atoms with Crippen LogP contribution in [0.1, 0.15) is 29.4 Å². The van der Waals surface area contributed by atoms with Gasteiger partial charge in [0.05, 0.1) is 11.4 Å². The standard InChI is InChI=1S/C19H20BrN3O3S/c1-3-9-27(25,26)23-16-6-4-5-15(12(16)2)22-19(24)18-10-13-7-8-14(20)11-17(13)21-18/h4-8,10-11,21,23H,3,9H2,1-2H3,(H,22,24). The fourth-order valence-electron chi connectivity index (χ4n) is 2.78. The first-order chi connectivity index (χ1) is 12.8. The smallest absolute Gasteiger partial charge is 0.272 e. The van der Waals surface area contributed by atoms with Gasteiger partial charge in [-0.3, -0.25) is 9.52 Å². The molecule has 0 fully saturated rings. The molecule has 1 amide bonds. The summed E-state index contributed by atoms with van der Waals surface area (Å²) in [6, 6.07) is 12.6. The SMILES string of the molecule is CCCS(=O)(=O)Nc1cccc(NC(=O)c2cc3ccc(Br)cc3[nH]2)c1C. The summed E-state index contributed by atoms with van der Waals surface area (Å²) in [6.07, 6.45) is 0.529. The molecule has 3 N–H and O–H groups in total. The van der Waals surface area contributed by atoms with E-state index in [1.165, 1.54) is 0 Å². The highest BCUT2D eigenvalue weighted by Crippen LogP contribution is 2.26. The van der Waals surface area contributed by atoms with Crippen LogP contribution in [0.2, 0.25) is 0 Å². The molecule has 0 spiro atoms.